The third kappa shape index (κ3) is 6.90. The first-order chi connectivity index (χ1) is 18.5. The Labute approximate surface area is 230 Å². The third-order valence-corrected chi connectivity index (χ3v) is 6.96. The lowest BCUT2D eigenvalue weighted by atomic mass is 9.95. The average molecular weight is 531 g/mol. The van der Waals surface area contributed by atoms with E-state index < -0.39 is 0 Å². The van der Waals surface area contributed by atoms with Crippen molar-refractivity contribution in [3.05, 3.63) is 71.7 Å². The summed E-state index contributed by atoms with van der Waals surface area (Å²) in [5.41, 5.74) is 5.56. The summed E-state index contributed by atoms with van der Waals surface area (Å²) in [5.74, 6) is 0.371. The van der Waals surface area contributed by atoms with Crippen LogP contribution in [0.1, 0.15) is 68.2 Å². The first-order valence-corrected chi connectivity index (χ1v) is 13.4. The molecule has 1 unspecified atom stereocenters. The number of hydrogen-bond donors (Lipinski definition) is 2. The summed E-state index contributed by atoms with van der Waals surface area (Å²) in [5, 5.41) is 9.72. The van der Waals surface area contributed by atoms with Crippen LogP contribution < -0.4 is 15.5 Å². The Bertz CT molecular complexity index is 1360. The summed E-state index contributed by atoms with van der Waals surface area (Å²) in [7, 11) is 0. The van der Waals surface area contributed by atoms with Crippen molar-refractivity contribution >= 4 is 17.5 Å². The van der Waals surface area contributed by atoms with E-state index in [1.807, 2.05) is 52.2 Å². The molecule has 9 nitrogen and oxygen atoms in total. The Morgan fingerprint density at radius 2 is 2.00 bits per heavy atom. The van der Waals surface area contributed by atoms with Gasteiger partial charge in [-0.25, -0.2) is 0 Å². The standard InChI is InChI=1S/C30H38N6O3/c1-19(2)27(37)32-15-21-8-7-13-36(18-21)25-17-31-12-11-24(25)22-9-10-23(20(3)14-22)16-33-28(38)26-34-29(39-35-26)30(4,5)6/h9-12,14,17,21H,1,7-8,13,15-16,18H2,2-6H3,(H,32,37)(H,33,38). The quantitative estimate of drug-likeness (QED) is 0.410. The molecule has 3 heterocycles. The monoisotopic (exact) mass is 530 g/mol. The topological polar surface area (TPSA) is 113 Å². The van der Waals surface area contributed by atoms with Crippen LogP contribution in [0.25, 0.3) is 11.1 Å². The molecule has 9 heteroatoms. The summed E-state index contributed by atoms with van der Waals surface area (Å²) in [6, 6.07) is 8.30. The number of carbonyl (C=O) groups excluding carboxylic acids is 2. The highest BCUT2D eigenvalue weighted by Gasteiger charge is 2.25. The number of aryl methyl sites for hydroxylation is 1. The fourth-order valence-corrected chi connectivity index (χ4v) is 4.66. The van der Waals surface area contributed by atoms with E-state index >= 15 is 0 Å². The fourth-order valence-electron chi connectivity index (χ4n) is 4.66. The fraction of sp³-hybridized carbons (Fsp3) is 0.433. The molecule has 1 aliphatic heterocycles. The number of pyridine rings is 1. The second-order valence-electron chi connectivity index (χ2n) is 11.3. The molecule has 0 aliphatic carbocycles. The van der Waals surface area contributed by atoms with Crippen LogP contribution in [0.4, 0.5) is 5.69 Å². The molecule has 0 radical (unpaired) electrons. The van der Waals surface area contributed by atoms with Gasteiger partial charge in [-0.05, 0) is 55.4 Å². The highest BCUT2D eigenvalue weighted by atomic mass is 16.5. The van der Waals surface area contributed by atoms with Gasteiger partial charge in [0.2, 0.25) is 11.8 Å². The maximum atomic E-state index is 12.6. The molecule has 4 rings (SSSR count). The molecule has 1 atom stereocenters. The van der Waals surface area contributed by atoms with Gasteiger partial charge >= 0.3 is 0 Å². The molecule has 1 saturated heterocycles. The molecule has 39 heavy (non-hydrogen) atoms. The Morgan fingerprint density at radius 1 is 1.21 bits per heavy atom. The number of aromatic nitrogens is 3. The Balaban J connectivity index is 1.44. The van der Waals surface area contributed by atoms with Crippen LogP contribution in [0.5, 0.6) is 0 Å². The van der Waals surface area contributed by atoms with Crippen molar-refractivity contribution in [3.63, 3.8) is 0 Å². The normalized spacial score (nSPS) is 15.6. The highest BCUT2D eigenvalue weighted by molar-refractivity contribution is 5.92. The van der Waals surface area contributed by atoms with Crippen LogP contribution >= 0.6 is 0 Å². The minimum absolute atomic E-state index is 0.0367. The van der Waals surface area contributed by atoms with Gasteiger partial charge in [0.1, 0.15) is 0 Å². The van der Waals surface area contributed by atoms with Crippen LogP contribution in [0.15, 0.2) is 53.3 Å². The van der Waals surface area contributed by atoms with Crippen molar-refractivity contribution in [1.82, 2.24) is 25.8 Å². The summed E-state index contributed by atoms with van der Waals surface area (Å²) in [4.78, 5) is 35.6. The molecule has 206 valence electrons. The Kier molecular flexibility index (Phi) is 8.47. The first kappa shape index (κ1) is 28.0. The highest BCUT2D eigenvalue weighted by Crippen LogP contribution is 2.33. The van der Waals surface area contributed by atoms with Gasteiger partial charge in [-0.1, -0.05) is 50.7 Å². The molecule has 2 aromatic heterocycles. The van der Waals surface area contributed by atoms with E-state index in [0.717, 1.165) is 53.9 Å². The van der Waals surface area contributed by atoms with Gasteiger partial charge in [0.25, 0.3) is 11.7 Å². The van der Waals surface area contributed by atoms with E-state index in [2.05, 4.69) is 49.4 Å². The molecule has 2 N–H and O–H groups in total. The van der Waals surface area contributed by atoms with Gasteiger partial charge in [-0.15, -0.1) is 0 Å². The van der Waals surface area contributed by atoms with Gasteiger partial charge in [0.05, 0.1) is 11.9 Å². The van der Waals surface area contributed by atoms with Crippen molar-refractivity contribution in [2.75, 3.05) is 24.5 Å². The molecule has 0 saturated carbocycles. The van der Waals surface area contributed by atoms with Crippen molar-refractivity contribution in [1.29, 1.82) is 0 Å². The summed E-state index contributed by atoms with van der Waals surface area (Å²) >= 11 is 0. The number of amides is 2. The molecule has 1 aliphatic rings. The second kappa shape index (κ2) is 11.8. The largest absolute Gasteiger partial charge is 0.369 e. The Morgan fingerprint density at radius 3 is 2.69 bits per heavy atom. The molecular weight excluding hydrogens is 492 g/mol. The van der Waals surface area contributed by atoms with Gasteiger partial charge in [-0.3, -0.25) is 14.6 Å². The number of nitrogens with zero attached hydrogens (tertiary/aromatic N) is 4. The average Bonchev–Trinajstić information content (AvgIpc) is 3.42. The minimum Gasteiger partial charge on any atom is -0.369 e. The smallest absolute Gasteiger partial charge is 0.292 e. The number of piperidine rings is 1. The maximum absolute atomic E-state index is 12.6. The number of carbonyl (C=O) groups is 2. The number of nitrogens with one attached hydrogen (secondary N) is 2. The van der Waals surface area contributed by atoms with E-state index in [0.29, 0.717) is 30.5 Å². The summed E-state index contributed by atoms with van der Waals surface area (Å²) < 4.78 is 5.24. The van der Waals surface area contributed by atoms with Gasteiger partial charge in [-0.2, -0.15) is 4.98 Å². The maximum Gasteiger partial charge on any atom is 0.292 e. The van der Waals surface area contributed by atoms with Crippen molar-refractivity contribution < 1.29 is 14.1 Å². The summed E-state index contributed by atoms with van der Waals surface area (Å²) in [6.07, 6.45) is 5.86. The zero-order valence-electron chi connectivity index (χ0n) is 23.5. The predicted octanol–water partition coefficient (Wildman–Crippen LogP) is 4.58. The number of benzene rings is 1. The molecule has 0 spiro atoms. The van der Waals surface area contributed by atoms with E-state index in [9.17, 15) is 9.59 Å². The molecule has 3 aromatic rings. The van der Waals surface area contributed by atoms with Crippen molar-refractivity contribution in [3.8, 4) is 11.1 Å². The molecule has 1 fully saturated rings. The van der Waals surface area contributed by atoms with Crippen molar-refractivity contribution in [2.24, 2.45) is 5.92 Å². The van der Waals surface area contributed by atoms with Crippen molar-refractivity contribution in [2.45, 2.75) is 59.4 Å². The lowest BCUT2D eigenvalue weighted by molar-refractivity contribution is -0.117. The van der Waals surface area contributed by atoms with Gasteiger partial charge in [0, 0.05) is 48.9 Å². The van der Waals surface area contributed by atoms with Crippen LogP contribution in [0, 0.1) is 12.8 Å². The van der Waals surface area contributed by atoms with Crippen LogP contribution in [-0.2, 0) is 16.8 Å². The molecule has 2 amide bonds. The lowest BCUT2D eigenvalue weighted by Gasteiger charge is -2.35. The van der Waals surface area contributed by atoms with Gasteiger partial charge in [0.15, 0.2) is 0 Å². The zero-order valence-corrected chi connectivity index (χ0v) is 23.5. The van der Waals surface area contributed by atoms with E-state index in [-0.39, 0.29) is 23.1 Å². The summed E-state index contributed by atoms with van der Waals surface area (Å²) in [6.45, 7) is 16.1. The molecule has 1 aromatic carbocycles. The van der Waals surface area contributed by atoms with Crippen LogP contribution in [-0.4, -0.2) is 46.6 Å². The number of hydrogen-bond acceptors (Lipinski definition) is 7. The zero-order chi connectivity index (χ0) is 28.2. The Hall–Kier alpha value is -4.01. The van der Waals surface area contributed by atoms with E-state index in [1.165, 1.54) is 0 Å². The van der Waals surface area contributed by atoms with Gasteiger partial charge < -0.3 is 20.1 Å². The third-order valence-electron chi connectivity index (χ3n) is 6.96. The lowest BCUT2D eigenvalue weighted by Crippen LogP contribution is -2.41. The minimum atomic E-state index is -0.367. The molecule has 0 bridgehead atoms. The SMILES string of the molecule is C=C(C)C(=O)NCC1CCCN(c2cnccc2-c2ccc(CNC(=O)c3noc(C(C)(C)C)n3)c(C)c2)C1. The van der Waals surface area contributed by atoms with Crippen LogP contribution in [0.3, 0.4) is 0 Å². The van der Waals surface area contributed by atoms with Crippen LogP contribution in [0.2, 0.25) is 0 Å². The van der Waals surface area contributed by atoms with E-state index in [1.54, 1.807) is 6.92 Å². The molecular formula is C30H38N6O3. The van der Waals surface area contributed by atoms with E-state index in [4.69, 9.17) is 4.52 Å². The predicted molar refractivity (Wildman–Crippen MR) is 151 cm³/mol. The first-order valence-electron chi connectivity index (χ1n) is 13.4. The second-order valence-corrected chi connectivity index (χ2v) is 11.3. The number of rotatable bonds is 8. The number of anilines is 1.